The number of thiophene rings is 1. The normalized spacial score (nSPS) is 9.67. The zero-order valence-electron chi connectivity index (χ0n) is 5.89. The molecule has 0 aliphatic carbocycles. The van der Waals surface area contributed by atoms with E-state index < -0.39 is 4.67 Å². The average molecular weight is 252 g/mol. The van der Waals surface area contributed by atoms with Gasteiger partial charge in [-0.3, -0.25) is 0 Å². The fourth-order valence-electron chi connectivity index (χ4n) is 0.660. The van der Waals surface area contributed by atoms with Gasteiger partial charge in [0.1, 0.15) is 5.76 Å². The molecular weight excluding hydrogens is 247 g/mol. The fourth-order valence-corrected chi connectivity index (χ4v) is 4.74. The first-order chi connectivity index (χ1) is 5.61. The van der Waals surface area contributed by atoms with Gasteiger partial charge in [0.15, 0.2) is 0 Å². The van der Waals surface area contributed by atoms with E-state index in [0.717, 1.165) is 9.77 Å². The Morgan fingerprint density at radius 3 is 2.83 bits per heavy atom. The van der Waals surface area contributed by atoms with E-state index in [-0.39, 0.29) is 5.76 Å². The second-order valence-corrected chi connectivity index (χ2v) is 9.78. The van der Waals surface area contributed by atoms with Crippen molar-refractivity contribution in [2.75, 3.05) is 0 Å². The van der Waals surface area contributed by atoms with E-state index in [1.807, 2.05) is 11.4 Å². The molecule has 0 bridgehead atoms. The molecule has 0 saturated carbocycles. The average Bonchev–Trinajstić information content (AvgIpc) is 2.33. The number of rotatable bonds is 3. The van der Waals surface area contributed by atoms with Crippen molar-refractivity contribution >= 4 is 56.8 Å². The SMILES string of the molecule is C=C(O)c1sccc1SP(=S)=S. The highest BCUT2D eigenvalue weighted by Crippen LogP contribution is 2.40. The summed E-state index contributed by atoms with van der Waals surface area (Å²) in [6.07, 6.45) is 0. The van der Waals surface area contributed by atoms with E-state index in [4.69, 9.17) is 28.7 Å². The molecule has 0 saturated heterocycles. The van der Waals surface area contributed by atoms with Crippen LogP contribution in [0.15, 0.2) is 22.9 Å². The van der Waals surface area contributed by atoms with Crippen LogP contribution in [-0.4, -0.2) is 5.11 Å². The Bertz CT molecular complexity index is 357. The van der Waals surface area contributed by atoms with Crippen LogP contribution in [0.4, 0.5) is 0 Å². The Labute approximate surface area is 89.3 Å². The summed E-state index contributed by atoms with van der Waals surface area (Å²) in [4.78, 5) is 1.73. The Hall–Kier alpha value is 0.330. The lowest BCUT2D eigenvalue weighted by Gasteiger charge is -1.96. The van der Waals surface area contributed by atoms with Crippen molar-refractivity contribution in [1.82, 2.24) is 0 Å². The molecule has 64 valence electrons. The van der Waals surface area contributed by atoms with Crippen LogP contribution in [0.2, 0.25) is 0 Å². The molecule has 0 aliphatic rings. The third-order valence-corrected chi connectivity index (χ3v) is 5.22. The van der Waals surface area contributed by atoms with Gasteiger partial charge in [0.25, 0.3) is 0 Å². The predicted octanol–water partition coefficient (Wildman–Crippen LogP) is 3.69. The van der Waals surface area contributed by atoms with Crippen LogP contribution in [0.1, 0.15) is 4.88 Å². The first-order valence-corrected chi connectivity index (χ1v) is 8.56. The lowest BCUT2D eigenvalue weighted by molar-refractivity contribution is 0.514. The van der Waals surface area contributed by atoms with Gasteiger partial charge < -0.3 is 5.11 Å². The van der Waals surface area contributed by atoms with Gasteiger partial charge in [-0.2, -0.15) is 0 Å². The van der Waals surface area contributed by atoms with Gasteiger partial charge in [0, 0.05) is 4.90 Å². The third kappa shape index (κ3) is 2.68. The smallest absolute Gasteiger partial charge is 0.126 e. The van der Waals surface area contributed by atoms with Crippen LogP contribution in [0.3, 0.4) is 0 Å². The third-order valence-electron chi connectivity index (χ3n) is 1.06. The molecular formula is C6H5OPS4. The van der Waals surface area contributed by atoms with Gasteiger partial charge in [-0.25, -0.2) is 0 Å². The molecule has 0 radical (unpaired) electrons. The quantitative estimate of drug-likeness (QED) is 0.653. The largest absolute Gasteiger partial charge is 0.507 e. The van der Waals surface area contributed by atoms with Crippen molar-refractivity contribution in [3.8, 4) is 0 Å². The molecule has 1 heterocycles. The van der Waals surface area contributed by atoms with Gasteiger partial charge in [-0.05, 0) is 46.4 Å². The number of hydrogen-bond donors (Lipinski definition) is 1. The van der Waals surface area contributed by atoms with Gasteiger partial charge in [0.05, 0.1) is 9.55 Å². The van der Waals surface area contributed by atoms with Crippen LogP contribution in [-0.2, 0) is 23.6 Å². The Morgan fingerprint density at radius 2 is 2.33 bits per heavy atom. The van der Waals surface area contributed by atoms with Gasteiger partial charge in [-0.1, -0.05) is 6.58 Å². The maximum absolute atomic E-state index is 9.15. The topological polar surface area (TPSA) is 20.2 Å². The summed E-state index contributed by atoms with van der Waals surface area (Å²) in [7, 11) is 0. The minimum absolute atomic E-state index is 0.0920. The summed E-state index contributed by atoms with van der Waals surface area (Å²) in [5.41, 5.74) is 0. The van der Waals surface area contributed by atoms with E-state index in [0.29, 0.717) is 0 Å². The Balaban J connectivity index is 2.99. The molecule has 1 aromatic rings. The summed E-state index contributed by atoms with van der Waals surface area (Å²) in [5.74, 6) is 0.0920. The van der Waals surface area contributed by atoms with Gasteiger partial charge >= 0.3 is 0 Å². The Kier molecular flexibility index (Phi) is 3.93. The van der Waals surface area contributed by atoms with Crippen molar-refractivity contribution in [3.63, 3.8) is 0 Å². The van der Waals surface area contributed by atoms with Crippen LogP contribution >= 0.6 is 27.4 Å². The van der Waals surface area contributed by atoms with E-state index in [1.165, 1.54) is 22.7 Å². The number of aliphatic hydroxyl groups excluding tert-OH is 1. The van der Waals surface area contributed by atoms with Crippen LogP contribution < -0.4 is 0 Å². The monoisotopic (exact) mass is 252 g/mol. The fraction of sp³-hybridized carbons (Fsp3) is 0. The number of aliphatic hydroxyl groups is 1. The molecule has 1 rings (SSSR count). The molecule has 0 amide bonds. The molecule has 1 N–H and O–H groups in total. The van der Waals surface area contributed by atoms with E-state index in [2.05, 4.69) is 6.58 Å². The Morgan fingerprint density at radius 1 is 1.67 bits per heavy atom. The van der Waals surface area contributed by atoms with Crippen molar-refractivity contribution in [1.29, 1.82) is 0 Å². The first-order valence-electron chi connectivity index (χ1n) is 2.89. The highest BCUT2D eigenvalue weighted by atomic mass is 33.1. The van der Waals surface area contributed by atoms with Crippen LogP contribution in [0, 0.1) is 0 Å². The van der Waals surface area contributed by atoms with E-state index in [9.17, 15) is 0 Å². The summed E-state index contributed by atoms with van der Waals surface area (Å²) in [6.45, 7) is 3.46. The maximum Gasteiger partial charge on any atom is 0.126 e. The summed E-state index contributed by atoms with van der Waals surface area (Å²) in [6, 6.07) is 1.90. The van der Waals surface area contributed by atoms with E-state index in [1.54, 1.807) is 0 Å². The molecule has 1 aromatic heterocycles. The lowest BCUT2D eigenvalue weighted by Crippen LogP contribution is -1.74. The molecule has 0 aromatic carbocycles. The summed E-state index contributed by atoms with van der Waals surface area (Å²) >= 11 is 12.7. The van der Waals surface area contributed by atoms with Crippen molar-refractivity contribution in [2.45, 2.75) is 4.90 Å². The molecule has 0 spiro atoms. The highest BCUT2D eigenvalue weighted by Gasteiger charge is 2.06. The predicted molar refractivity (Wildman–Crippen MR) is 63.5 cm³/mol. The van der Waals surface area contributed by atoms with Crippen molar-refractivity contribution in [2.24, 2.45) is 0 Å². The molecule has 6 heteroatoms. The van der Waals surface area contributed by atoms with E-state index >= 15 is 0 Å². The van der Waals surface area contributed by atoms with Crippen molar-refractivity contribution in [3.05, 3.63) is 22.9 Å². The first kappa shape index (κ1) is 10.4. The number of hydrogen-bond acceptors (Lipinski definition) is 5. The summed E-state index contributed by atoms with van der Waals surface area (Å²) in [5, 5.41) is 11.0. The lowest BCUT2D eigenvalue weighted by atomic mass is 10.4. The highest BCUT2D eigenvalue weighted by molar-refractivity contribution is 8.72. The van der Waals surface area contributed by atoms with Crippen LogP contribution in [0.5, 0.6) is 0 Å². The van der Waals surface area contributed by atoms with Gasteiger partial charge in [0.2, 0.25) is 0 Å². The minimum Gasteiger partial charge on any atom is -0.507 e. The molecule has 0 atom stereocenters. The summed E-state index contributed by atoms with van der Waals surface area (Å²) < 4.78 is -0.854. The molecule has 0 aliphatic heterocycles. The van der Waals surface area contributed by atoms with Crippen LogP contribution in [0.25, 0.3) is 5.76 Å². The second-order valence-electron chi connectivity index (χ2n) is 1.88. The minimum atomic E-state index is -0.854. The standard InChI is InChI=1S/C6H5OPS4/c1-4(7)6-5(2-3-11-6)12-8(9)10/h2-3,7H,1H2. The second kappa shape index (κ2) is 4.53. The molecule has 1 nitrogen and oxygen atoms in total. The zero-order chi connectivity index (χ0) is 9.14. The zero-order valence-corrected chi connectivity index (χ0v) is 10.0. The molecule has 12 heavy (non-hydrogen) atoms. The molecule has 0 unspecified atom stereocenters. The maximum atomic E-state index is 9.15. The van der Waals surface area contributed by atoms with Crippen molar-refractivity contribution < 1.29 is 5.11 Å². The van der Waals surface area contributed by atoms with Gasteiger partial charge in [-0.15, -0.1) is 11.3 Å². The molecule has 0 fully saturated rings.